The highest BCUT2D eigenvalue weighted by molar-refractivity contribution is 14.1. The van der Waals surface area contributed by atoms with Gasteiger partial charge in [0.15, 0.2) is 0 Å². The van der Waals surface area contributed by atoms with E-state index in [1.165, 1.54) is 14.7 Å². The van der Waals surface area contributed by atoms with Gasteiger partial charge in [0.2, 0.25) is 0 Å². The van der Waals surface area contributed by atoms with E-state index in [1.54, 1.807) is 0 Å². The number of alkyl halides is 1. The summed E-state index contributed by atoms with van der Waals surface area (Å²) in [6.45, 7) is 2.16. The minimum absolute atomic E-state index is 1.11. The average Bonchev–Trinajstić information content (AvgIpc) is 1.94. The molecule has 0 spiro atoms. The van der Waals surface area contributed by atoms with Gasteiger partial charge in [-0.05, 0) is 52.8 Å². The molecule has 0 aromatic heterocycles. The summed E-state index contributed by atoms with van der Waals surface area (Å²) in [4.78, 5) is 0. The SMILES string of the molecule is Cc1ccc(I)cc1CI. The van der Waals surface area contributed by atoms with Crippen LogP contribution < -0.4 is 0 Å². The number of hydrogen-bond donors (Lipinski definition) is 0. The monoisotopic (exact) mass is 358 g/mol. The van der Waals surface area contributed by atoms with Gasteiger partial charge in [-0.1, -0.05) is 28.7 Å². The topological polar surface area (TPSA) is 0 Å². The van der Waals surface area contributed by atoms with Crippen LogP contribution in [0, 0.1) is 10.5 Å². The van der Waals surface area contributed by atoms with E-state index < -0.39 is 0 Å². The molecule has 0 amide bonds. The van der Waals surface area contributed by atoms with E-state index in [-0.39, 0.29) is 0 Å². The highest BCUT2D eigenvalue weighted by atomic mass is 127. The van der Waals surface area contributed by atoms with Crippen molar-refractivity contribution in [2.24, 2.45) is 0 Å². The molecule has 0 radical (unpaired) electrons. The van der Waals surface area contributed by atoms with Gasteiger partial charge in [0.1, 0.15) is 0 Å². The molecule has 1 aromatic rings. The van der Waals surface area contributed by atoms with Crippen LogP contribution in [0.25, 0.3) is 0 Å². The van der Waals surface area contributed by atoms with Gasteiger partial charge in [-0.25, -0.2) is 0 Å². The van der Waals surface area contributed by atoms with Gasteiger partial charge in [-0.3, -0.25) is 0 Å². The lowest BCUT2D eigenvalue weighted by atomic mass is 10.1. The third-order valence-corrected chi connectivity index (χ3v) is 2.95. The van der Waals surface area contributed by atoms with E-state index in [0.717, 1.165) is 4.43 Å². The van der Waals surface area contributed by atoms with Crippen LogP contribution in [0.15, 0.2) is 18.2 Å². The molecule has 0 aliphatic rings. The van der Waals surface area contributed by atoms with Crippen LogP contribution in [-0.4, -0.2) is 0 Å². The summed E-state index contributed by atoms with van der Waals surface area (Å²) in [7, 11) is 0. The number of halogens is 2. The van der Waals surface area contributed by atoms with Crippen molar-refractivity contribution in [3.63, 3.8) is 0 Å². The first-order valence-electron chi connectivity index (χ1n) is 3.05. The number of benzene rings is 1. The molecule has 0 heterocycles. The van der Waals surface area contributed by atoms with E-state index in [4.69, 9.17) is 0 Å². The van der Waals surface area contributed by atoms with Crippen LogP contribution in [0.3, 0.4) is 0 Å². The highest BCUT2D eigenvalue weighted by Crippen LogP contribution is 2.15. The maximum Gasteiger partial charge on any atom is 0.0250 e. The smallest absolute Gasteiger partial charge is 0.0250 e. The standard InChI is InChI=1S/C8H8I2/c1-6-2-3-8(10)4-7(6)5-9/h2-4H,5H2,1H3. The molecule has 2 heteroatoms. The third kappa shape index (κ3) is 2.08. The number of hydrogen-bond acceptors (Lipinski definition) is 0. The summed E-state index contributed by atoms with van der Waals surface area (Å²) in [5.41, 5.74) is 2.85. The van der Waals surface area contributed by atoms with Gasteiger partial charge < -0.3 is 0 Å². The van der Waals surface area contributed by atoms with Gasteiger partial charge in [-0.2, -0.15) is 0 Å². The van der Waals surface area contributed by atoms with Gasteiger partial charge in [0.25, 0.3) is 0 Å². The lowest BCUT2D eigenvalue weighted by Crippen LogP contribution is -1.84. The van der Waals surface area contributed by atoms with Crippen LogP contribution in [0.1, 0.15) is 11.1 Å². The van der Waals surface area contributed by atoms with Crippen molar-refractivity contribution in [1.29, 1.82) is 0 Å². The van der Waals surface area contributed by atoms with Crippen molar-refractivity contribution < 1.29 is 0 Å². The summed E-state index contributed by atoms with van der Waals surface area (Å²) in [6, 6.07) is 6.56. The molecule has 0 unspecified atom stereocenters. The Kier molecular flexibility index (Phi) is 3.42. The van der Waals surface area contributed by atoms with Gasteiger partial charge in [-0.15, -0.1) is 0 Å². The Bertz CT molecular complexity index is 231. The molecule has 0 saturated heterocycles. The Hall–Kier alpha value is 0.680. The lowest BCUT2D eigenvalue weighted by Gasteiger charge is -2.00. The molecule has 0 saturated carbocycles. The molecule has 10 heavy (non-hydrogen) atoms. The molecule has 0 fully saturated rings. The van der Waals surface area contributed by atoms with Crippen LogP contribution in [0.2, 0.25) is 0 Å². The molecule has 54 valence electrons. The maximum absolute atomic E-state index is 2.39. The molecule has 0 atom stereocenters. The Morgan fingerprint density at radius 1 is 1.40 bits per heavy atom. The van der Waals surface area contributed by atoms with Crippen LogP contribution in [-0.2, 0) is 4.43 Å². The van der Waals surface area contributed by atoms with Crippen molar-refractivity contribution in [2.45, 2.75) is 11.4 Å². The Morgan fingerprint density at radius 2 is 2.10 bits per heavy atom. The predicted octanol–water partition coefficient (Wildman–Crippen LogP) is 3.53. The molecular formula is C8H8I2. The van der Waals surface area contributed by atoms with E-state index in [0.29, 0.717) is 0 Å². The molecule has 0 aliphatic carbocycles. The molecular weight excluding hydrogens is 350 g/mol. The first-order chi connectivity index (χ1) is 4.74. The fraction of sp³-hybridized carbons (Fsp3) is 0.250. The number of rotatable bonds is 1. The second-order valence-corrected chi connectivity index (χ2v) is 4.21. The second kappa shape index (κ2) is 3.90. The summed E-state index contributed by atoms with van der Waals surface area (Å²) >= 11 is 4.73. The minimum Gasteiger partial charge on any atom is -0.0812 e. The fourth-order valence-corrected chi connectivity index (χ4v) is 2.16. The molecule has 0 bridgehead atoms. The van der Waals surface area contributed by atoms with Crippen molar-refractivity contribution in [3.8, 4) is 0 Å². The normalized spacial score (nSPS) is 9.90. The summed E-state index contributed by atoms with van der Waals surface area (Å²) in [6.07, 6.45) is 0. The maximum atomic E-state index is 2.39. The average molecular weight is 358 g/mol. The third-order valence-electron chi connectivity index (χ3n) is 1.46. The molecule has 1 aromatic carbocycles. The van der Waals surface area contributed by atoms with E-state index in [2.05, 4.69) is 70.3 Å². The zero-order chi connectivity index (χ0) is 7.56. The quantitative estimate of drug-likeness (QED) is 0.532. The first-order valence-corrected chi connectivity index (χ1v) is 5.65. The summed E-state index contributed by atoms with van der Waals surface area (Å²) in [5, 5.41) is 0. The zero-order valence-electron chi connectivity index (χ0n) is 5.70. The van der Waals surface area contributed by atoms with Crippen molar-refractivity contribution in [3.05, 3.63) is 32.9 Å². The molecule has 0 N–H and O–H groups in total. The Morgan fingerprint density at radius 3 is 2.60 bits per heavy atom. The van der Waals surface area contributed by atoms with Gasteiger partial charge in [0, 0.05) is 8.00 Å². The van der Waals surface area contributed by atoms with Gasteiger partial charge >= 0.3 is 0 Å². The lowest BCUT2D eigenvalue weighted by molar-refractivity contribution is 1.32. The van der Waals surface area contributed by atoms with Crippen LogP contribution in [0.4, 0.5) is 0 Å². The highest BCUT2D eigenvalue weighted by Gasteiger charge is 1.95. The molecule has 1 rings (SSSR count). The molecule has 0 aliphatic heterocycles. The second-order valence-electron chi connectivity index (χ2n) is 2.20. The van der Waals surface area contributed by atoms with Crippen molar-refractivity contribution in [1.82, 2.24) is 0 Å². The minimum atomic E-state index is 1.11. The van der Waals surface area contributed by atoms with Crippen LogP contribution >= 0.6 is 45.2 Å². The van der Waals surface area contributed by atoms with Crippen LogP contribution in [0.5, 0.6) is 0 Å². The Balaban J connectivity index is 3.09. The van der Waals surface area contributed by atoms with Crippen molar-refractivity contribution in [2.75, 3.05) is 0 Å². The number of aryl methyl sites for hydroxylation is 1. The summed E-state index contributed by atoms with van der Waals surface area (Å²) < 4.78 is 2.44. The largest absolute Gasteiger partial charge is 0.0812 e. The molecule has 0 nitrogen and oxygen atoms in total. The van der Waals surface area contributed by atoms with E-state index >= 15 is 0 Å². The van der Waals surface area contributed by atoms with E-state index in [9.17, 15) is 0 Å². The summed E-state index contributed by atoms with van der Waals surface area (Å²) in [5.74, 6) is 0. The fourth-order valence-electron chi connectivity index (χ4n) is 0.784. The zero-order valence-corrected chi connectivity index (χ0v) is 10.0. The van der Waals surface area contributed by atoms with Gasteiger partial charge in [0.05, 0.1) is 0 Å². The predicted molar refractivity (Wildman–Crippen MR) is 61.6 cm³/mol. The van der Waals surface area contributed by atoms with Crippen molar-refractivity contribution >= 4 is 45.2 Å². The first kappa shape index (κ1) is 8.77. The van der Waals surface area contributed by atoms with E-state index in [1.807, 2.05) is 0 Å². The Labute approximate surface area is 88.7 Å².